The number of allylic oxidation sites excluding steroid dienone is 2. The predicted octanol–water partition coefficient (Wildman–Crippen LogP) is 3.52. The molecule has 1 aromatic rings. The summed E-state index contributed by atoms with van der Waals surface area (Å²) in [7, 11) is 0. The summed E-state index contributed by atoms with van der Waals surface area (Å²) in [6.45, 7) is 2.27. The molecule has 0 radical (unpaired) electrons. The SMILES string of the molecule is C[C@@]12CC=C3c4ccc(O)cc4CC[C@@H]3[C@H]1CC[C@H]2O. The van der Waals surface area contributed by atoms with Crippen LogP contribution in [0, 0.1) is 17.3 Å². The summed E-state index contributed by atoms with van der Waals surface area (Å²) in [6.07, 6.45) is 7.56. The number of aliphatic hydroxyl groups excluding tert-OH is 1. The zero-order valence-corrected chi connectivity index (χ0v) is 12.0. The van der Waals surface area contributed by atoms with E-state index in [0.717, 1.165) is 32.1 Å². The normalized spacial score (nSPS) is 38.7. The van der Waals surface area contributed by atoms with Gasteiger partial charge in [0.15, 0.2) is 0 Å². The Morgan fingerprint density at radius 3 is 2.90 bits per heavy atom. The van der Waals surface area contributed by atoms with Gasteiger partial charge in [-0.05, 0) is 72.8 Å². The van der Waals surface area contributed by atoms with Crippen molar-refractivity contribution in [2.24, 2.45) is 17.3 Å². The fourth-order valence-corrected chi connectivity index (χ4v) is 4.94. The van der Waals surface area contributed by atoms with Gasteiger partial charge >= 0.3 is 0 Å². The molecule has 0 bridgehead atoms. The summed E-state index contributed by atoms with van der Waals surface area (Å²) in [5, 5.41) is 20.0. The molecule has 1 saturated carbocycles. The minimum atomic E-state index is -0.133. The lowest BCUT2D eigenvalue weighted by Crippen LogP contribution is -2.39. The Morgan fingerprint density at radius 2 is 2.05 bits per heavy atom. The summed E-state index contributed by atoms with van der Waals surface area (Å²) in [4.78, 5) is 0. The molecule has 2 nitrogen and oxygen atoms in total. The molecule has 0 amide bonds. The maximum Gasteiger partial charge on any atom is 0.115 e. The number of phenolic OH excluding ortho intramolecular Hbond substituents is 1. The van der Waals surface area contributed by atoms with Gasteiger partial charge in [0.25, 0.3) is 0 Å². The van der Waals surface area contributed by atoms with Crippen molar-refractivity contribution < 1.29 is 10.2 Å². The maximum atomic E-state index is 10.3. The van der Waals surface area contributed by atoms with E-state index in [1.165, 1.54) is 16.7 Å². The molecule has 106 valence electrons. The highest BCUT2D eigenvalue weighted by atomic mass is 16.3. The third-order valence-electron chi connectivity index (χ3n) is 6.13. The highest BCUT2D eigenvalue weighted by molar-refractivity contribution is 5.73. The fourth-order valence-electron chi connectivity index (χ4n) is 4.94. The lowest BCUT2D eigenvalue weighted by molar-refractivity contribution is 0.0251. The van der Waals surface area contributed by atoms with E-state index in [4.69, 9.17) is 0 Å². The third-order valence-corrected chi connectivity index (χ3v) is 6.13. The average Bonchev–Trinajstić information content (AvgIpc) is 2.74. The minimum Gasteiger partial charge on any atom is -0.508 e. The van der Waals surface area contributed by atoms with E-state index in [1.807, 2.05) is 6.07 Å². The van der Waals surface area contributed by atoms with Gasteiger partial charge in [0.1, 0.15) is 5.75 Å². The van der Waals surface area contributed by atoms with E-state index in [9.17, 15) is 10.2 Å². The van der Waals surface area contributed by atoms with Crippen LogP contribution in [0.15, 0.2) is 24.3 Å². The first-order valence-electron chi connectivity index (χ1n) is 7.80. The smallest absolute Gasteiger partial charge is 0.115 e. The van der Waals surface area contributed by atoms with Crippen molar-refractivity contribution in [2.75, 3.05) is 0 Å². The first-order chi connectivity index (χ1) is 9.59. The van der Waals surface area contributed by atoms with Gasteiger partial charge < -0.3 is 10.2 Å². The standard InChI is InChI=1S/C18H22O2/c1-18-9-8-14-13-5-3-12(19)10-11(13)2-4-15(14)16(18)6-7-17(18)20/h3,5,8,10,15-17,19-20H,2,4,6-7,9H2,1H3/t15-,16+,17+,18+/m0/s1. The summed E-state index contributed by atoms with van der Waals surface area (Å²) >= 11 is 0. The number of aliphatic hydroxyl groups is 1. The quantitative estimate of drug-likeness (QED) is 0.757. The van der Waals surface area contributed by atoms with Gasteiger partial charge in [0.2, 0.25) is 0 Å². The van der Waals surface area contributed by atoms with Gasteiger partial charge in [-0.3, -0.25) is 0 Å². The van der Waals surface area contributed by atoms with Crippen molar-refractivity contribution in [1.82, 2.24) is 0 Å². The van der Waals surface area contributed by atoms with Gasteiger partial charge in [0, 0.05) is 5.41 Å². The average molecular weight is 270 g/mol. The summed E-state index contributed by atoms with van der Waals surface area (Å²) in [6, 6.07) is 5.81. The third kappa shape index (κ3) is 1.54. The van der Waals surface area contributed by atoms with E-state index < -0.39 is 0 Å². The molecule has 4 atom stereocenters. The highest BCUT2D eigenvalue weighted by Crippen LogP contribution is 2.58. The zero-order valence-electron chi connectivity index (χ0n) is 12.0. The first kappa shape index (κ1) is 12.5. The largest absolute Gasteiger partial charge is 0.508 e. The van der Waals surface area contributed by atoms with Crippen molar-refractivity contribution in [1.29, 1.82) is 0 Å². The van der Waals surface area contributed by atoms with E-state index in [2.05, 4.69) is 19.1 Å². The van der Waals surface area contributed by atoms with Crippen LogP contribution in [0.1, 0.15) is 43.7 Å². The molecule has 2 N–H and O–H groups in total. The Hall–Kier alpha value is -1.28. The second kappa shape index (κ2) is 4.11. The Balaban J connectivity index is 1.79. The zero-order chi connectivity index (χ0) is 13.9. The summed E-state index contributed by atoms with van der Waals surface area (Å²) in [5.41, 5.74) is 4.18. The van der Waals surface area contributed by atoms with Crippen LogP contribution in [0.25, 0.3) is 5.57 Å². The number of benzene rings is 1. The van der Waals surface area contributed by atoms with Crippen LogP contribution in [0.2, 0.25) is 0 Å². The Labute approximate surface area is 120 Å². The topological polar surface area (TPSA) is 40.5 Å². The first-order valence-corrected chi connectivity index (χ1v) is 7.80. The van der Waals surface area contributed by atoms with Crippen LogP contribution < -0.4 is 0 Å². The Kier molecular flexibility index (Phi) is 2.56. The molecule has 3 aliphatic rings. The second-order valence-corrected chi connectivity index (χ2v) is 7.06. The van der Waals surface area contributed by atoms with Crippen LogP contribution in [-0.4, -0.2) is 16.3 Å². The van der Waals surface area contributed by atoms with Gasteiger partial charge in [-0.25, -0.2) is 0 Å². The maximum absolute atomic E-state index is 10.3. The molecule has 1 aromatic carbocycles. The van der Waals surface area contributed by atoms with Crippen molar-refractivity contribution in [2.45, 2.75) is 45.1 Å². The van der Waals surface area contributed by atoms with E-state index >= 15 is 0 Å². The monoisotopic (exact) mass is 270 g/mol. The van der Waals surface area contributed by atoms with E-state index in [0.29, 0.717) is 17.6 Å². The highest BCUT2D eigenvalue weighted by Gasteiger charge is 2.51. The Bertz CT molecular complexity index is 589. The molecular weight excluding hydrogens is 248 g/mol. The number of hydrogen-bond acceptors (Lipinski definition) is 2. The molecule has 20 heavy (non-hydrogen) atoms. The molecule has 0 saturated heterocycles. The molecule has 0 aliphatic heterocycles. The molecule has 2 heteroatoms. The number of aromatic hydroxyl groups is 1. The molecule has 0 unspecified atom stereocenters. The van der Waals surface area contributed by atoms with Crippen molar-refractivity contribution in [3.8, 4) is 5.75 Å². The van der Waals surface area contributed by atoms with Crippen molar-refractivity contribution >= 4 is 5.57 Å². The number of rotatable bonds is 0. The van der Waals surface area contributed by atoms with Crippen LogP contribution >= 0.6 is 0 Å². The van der Waals surface area contributed by atoms with Crippen LogP contribution in [0.4, 0.5) is 0 Å². The van der Waals surface area contributed by atoms with E-state index in [1.54, 1.807) is 6.07 Å². The molecule has 0 spiro atoms. The van der Waals surface area contributed by atoms with Crippen LogP contribution in [0.5, 0.6) is 5.75 Å². The van der Waals surface area contributed by atoms with Crippen molar-refractivity contribution in [3.05, 3.63) is 35.4 Å². The number of aryl methyl sites for hydroxylation is 1. The van der Waals surface area contributed by atoms with Gasteiger partial charge in [-0.15, -0.1) is 0 Å². The van der Waals surface area contributed by atoms with Crippen LogP contribution in [-0.2, 0) is 6.42 Å². The number of fused-ring (bicyclic) bond motifs is 5. The molecule has 3 aliphatic carbocycles. The Morgan fingerprint density at radius 1 is 1.20 bits per heavy atom. The lowest BCUT2D eigenvalue weighted by Gasteiger charge is -2.45. The van der Waals surface area contributed by atoms with Gasteiger partial charge in [-0.1, -0.05) is 19.1 Å². The molecule has 0 heterocycles. The molecule has 1 fully saturated rings. The van der Waals surface area contributed by atoms with E-state index in [-0.39, 0.29) is 11.5 Å². The second-order valence-electron chi connectivity index (χ2n) is 7.06. The number of hydrogen-bond donors (Lipinski definition) is 2. The molecule has 4 rings (SSSR count). The van der Waals surface area contributed by atoms with Gasteiger partial charge in [-0.2, -0.15) is 0 Å². The van der Waals surface area contributed by atoms with Crippen molar-refractivity contribution in [3.63, 3.8) is 0 Å². The van der Waals surface area contributed by atoms with Crippen LogP contribution in [0.3, 0.4) is 0 Å². The minimum absolute atomic E-state index is 0.0859. The number of phenols is 1. The summed E-state index contributed by atoms with van der Waals surface area (Å²) in [5.74, 6) is 1.60. The molecule has 0 aromatic heterocycles. The fraction of sp³-hybridized carbons (Fsp3) is 0.556. The lowest BCUT2D eigenvalue weighted by atomic mass is 9.60. The molecular formula is C18H22O2. The summed E-state index contributed by atoms with van der Waals surface area (Å²) < 4.78 is 0. The van der Waals surface area contributed by atoms with Gasteiger partial charge in [0.05, 0.1) is 6.10 Å². The predicted molar refractivity (Wildman–Crippen MR) is 79.3 cm³/mol.